The zero-order valence-electron chi connectivity index (χ0n) is 9.88. The number of halogens is 1. The van der Waals surface area contributed by atoms with Crippen LogP contribution in [0.1, 0.15) is 28.7 Å². The minimum Gasteiger partial charge on any atom is -0.391 e. The van der Waals surface area contributed by atoms with Crippen LogP contribution in [0.3, 0.4) is 0 Å². The molecule has 1 unspecified atom stereocenters. The Hall–Kier alpha value is -1.02. The Morgan fingerprint density at radius 3 is 2.44 bits per heavy atom. The molecule has 0 spiro atoms. The Labute approximate surface area is 101 Å². The standard InChI is InChI=1S/C13H16ClNO/c1-8-4-9(2)13(10(3)5-8)12-6-11(7-14)16-15-12/h4-5,11H,6-7H2,1-3H3. The largest absolute Gasteiger partial charge is 0.391 e. The van der Waals surface area contributed by atoms with E-state index in [-0.39, 0.29) is 6.10 Å². The van der Waals surface area contributed by atoms with E-state index in [1.54, 1.807) is 0 Å². The first-order valence-electron chi connectivity index (χ1n) is 5.48. The summed E-state index contributed by atoms with van der Waals surface area (Å²) in [5.74, 6) is 0.497. The van der Waals surface area contributed by atoms with Gasteiger partial charge in [0.2, 0.25) is 0 Å². The fraction of sp³-hybridized carbons (Fsp3) is 0.462. The van der Waals surface area contributed by atoms with Gasteiger partial charge in [-0.25, -0.2) is 0 Å². The van der Waals surface area contributed by atoms with E-state index in [9.17, 15) is 0 Å². The number of benzene rings is 1. The monoisotopic (exact) mass is 237 g/mol. The number of nitrogens with zero attached hydrogens (tertiary/aromatic N) is 1. The van der Waals surface area contributed by atoms with Crippen molar-refractivity contribution in [2.24, 2.45) is 5.16 Å². The van der Waals surface area contributed by atoms with E-state index in [4.69, 9.17) is 16.4 Å². The molecule has 16 heavy (non-hydrogen) atoms. The number of hydrogen-bond donors (Lipinski definition) is 0. The molecule has 0 radical (unpaired) electrons. The maximum Gasteiger partial charge on any atom is 0.146 e. The van der Waals surface area contributed by atoms with Crippen molar-refractivity contribution in [2.45, 2.75) is 33.3 Å². The van der Waals surface area contributed by atoms with E-state index in [2.05, 4.69) is 38.1 Å². The van der Waals surface area contributed by atoms with Crippen molar-refractivity contribution in [3.63, 3.8) is 0 Å². The third-order valence-corrected chi connectivity index (χ3v) is 3.21. The Kier molecular flexibility index (Phi) is 3.20. The van der Waals surface area contributed by atoms with Crippen LogP contribution in [-0.4, -0.2) is 17.7 Å². The highest BCUT2D eigenvalue weighted by Crippen LogP contribution is 2.23. The van der Waals surface area contributed by atoms with Crippen LogP contribution in [0.5, 0.6) is 0 Å². The molecule has 0 aromatic heterocycles. The molecule has 0 fully saturated rings. The second-order valence-corrected chi connectivity index (χ2v) is 4.71. The molecule has 1 aromatic rings. The molecule has 3 heteroatoms. The van der Waals surface area contributed by atoms with Crippen LogP contribution in [0.2, 0.25) is 0 Å². The Morgan fingerprint density at radius 1 is 1.31 bits per heavy atom. The average Bonchev–Trinajstić information content (AvgIpc) is 2.64. The lowest BCUT2D eigenvalue weighted by Crippen LogP contribution is -2.11. The summed E-state index contributed by atoms with van der Waals surface area (Å²) in [4.78, 5) is 5.27. The molecule has 1 heterocycles. The van der Waals surface area contributed by atoms with Crippen molar-refractivity contribution >= 4 is 17.3 Å². The van der Waals surface area contributed by atoms with Gasteiger partial charge in [-0.3, -0.25) is 0 Å². The Morgan fingerprint density at radius 2 is 1.94 bits per heavy atom. The van der Waals surface area contributed by atoms with E-state index < -0.39 is 0 Å². The second kappa shape index (κ2) is 4.46. The normalized spacial score (nSPS) is 19.5. The van der Waals surface area contributed by atoms with Gasteiger partial charge in [-0.1, -0.05) is 22.9 Å². The smallest absolute Gasteiger partial charge is 0.146 e. The predicted molar refractivity (Wildman–Crippen MR) is 67.4 cm³/mol. The molecule has 2 rings (SSSR count). The van der Waals surface area contributed by atoms with Crippen LogP contribution in [0, 0.1) is 20.8 Å². The van der Waals surface area contributed by atoms with Crippen LogP contribution in [0.4, 0.5) is 0 Å². The van der Waals surface area contributed by atoms with Crippen molar-refractivity contribution in [1.29, 1.82) is 0 Å². The topological polar surface area (TPSA) is 21.6 Å². The summed E-state index contributed by atoms with van der Waals surface area (Å²) in [6, 6.07) is 4.36. The molecule has 0 bridgehead atoms. The lowest BCUT2D eigenvalue weighted by atomic mass is 9.94. The number of oxime groups is 1. The molecular formula is C13H16ClNO. The molecule has 1 aromatic carbocycles. The van der Waals surface area contributed by atoms with Crippen molar-refractivity contribution in [1.82, 2.24) is 0 Å². The molecule has 0 aliphatic carbocycles. The predicted octanol–water partition coefficient (Wildman–Crippen LogP) is 3.34. The van der Waals surface area contributed by atoms with E-state index in [0.717, 1.165) is 12.1 Å². The fourth-order valence-electron chi connectivity index (χ4n) is 2.29. The molecule has 86 valence electrons. The van der Waals surface area contributed by atoms with Gasteiger partial charge in [-0.05, 0) is 31.9 Å². The van der Waals surface area contributed by atoms with Gasteiger partial charge in [0, 0.05) is 12.0 Å². The second-order valence-electron chi connectivity index (χ2n) is 4.40. The van der Waals surface area contributed by atoms with Crippen LogP contribution in [0.15, 0.2) is 17.3 Å². The summed E-state index contributed by atoms with van der Waals surface area (Å²) < 4.78 is 0. The van der Waals surface area contributed by atoms with Crippen molar-refractivity contribution in [3.05, 3.63) is 34.4 Å². The maximum absolute atomic E-state index is 5.77. The number of alkyl halides is 1. The molecule has 2 nitrogen and oxygen atoms in total. The number of rotatable bonds is 2. The lowest BCUT2D eigenvalue weighted by Gasteiger charge is -2.10. The van der Waals surface area contributed by atoms with Crippen molar-refractivity contribution in [3.8, 4) is 0 Å². The molecule has 1 atom stereocenters. The highest BCUT2D eigenvalue weighted by Gasteiger charge is 2.23. The zero-order valence-corrected chi connectivity index (χ0v) is 10.6. The van der Waals surface area contributed by atoms with Crippen LogP contribution in [0.25, 0.3) is 0 Å². The number of aryl methyl sites for hydroxylation is 3. The maximum atomic E-state index is 5.77. The number of hydrogen-bond acceptors (Lipinski definition) is 2. The summed E-state index contributed by atoms with van der Waals surface area (Å²) in [7, 11) is 0. The van der Waals surface area contributed by atoms with Crippen molar-refractivity contribution in [2.75, 3.05) is 5.88 Å². The van der Waals surface area contributed by atoms with Gasteiger partial charge in [-0.2, -0.15) is 0 Å². The van der Waals surface area contributed by atoms with Gasteiger partial charge in [0.25, 0.3) is 0 Å². The van der Waals surface area contributed by atoms with Crippen LogP contribution >= 0.6 is 11.6 Å². The van der Waals surface area contributed by atoms with Gasteiger partial charge in [0.1, 0.15) is 6.10 Å². The molecule has 1 aliphatic rings. The third-order valence-electron chi connectivity index (χ3n) is 2.87. The summed E-state index contributed by atoms with van der Waals surface area (Å²) in [5.41, 5.74) is 6.05. The Bertz CT molecular complexity index is 417. The summed E-state index contributed by atoms with van der Waals surface area (Å²) >= 11 is 5.77. The van der Waals surface area contributed by atoms with E-state index in [0.29, 0.717) is 5.88 Å². The van der Waals surface area contributed by atoms with Crippen LogP contribution in [-0.2, 0) is 4.84 Å². The lowest BCUT2D eigenvalue weighted by molar-refractivity contribution is 0.102. The van der Waals surface area contributed by atoms with E-state index in [1.807, 2.05) is 0 Å². The quantitative estimate of drug-likeness (QED) is 0.723. The third kappa shape index (κ3) is 2.07. The average molecular weight is 238 g/mol. The summed E-state index contributed by atoms with van der Waals surface area (Å²) in [5, 5.41) is 4.14. The molecule has 0 amide bonds. The van der Waals surface area contributed by atoms with Gasteiger partial charge in [-0.15, -0.1) is 11.6 Å². The van der Waals surface area contributed by atoms with Gasteiger partial charge in [0.05, 0.1) is 11.6 Å². The van der Waals surface area contributed by atoms with Gasteiger partial charge < -0.3 is 4.84 Å². The fourth-order valence-corrected chi connectivity index (χ4v) is 2.46. The highest BCUT2D eigenvalue weighted by molar-refractivity contribution is 6.18. The first-order valence-corrected chi connectivity index (χ1v) is 6.02. The SMILES string of the molecule is Cc1cc(C)c(C2=NOC(CCl)C2)c(C)c1. The highest BCUT2D eigenvalue weighted by atomic mass is 35.5. The first-order chi connectivity index (χ1) is 7.61. The molecule has 0 saturated carbocycles. The summed E-state index contributed by atoms with van der Waals surface area (Å²) in [6.45, 7) is 6.34. The molecule has 0 N–H and O–H groups in total. The van der Waals surface area contributed by atoms with Crippen LogP contribution < -0.4 is 0 Å². The molecule has 0 saturated heterocycles. The van der Waals surface area contributed by atoms with E-state index in [1.165, 1.54) is 22.3 Å². The van der Waals surface area contributed by atoms with Crippen molar-refractivity contribution < 1.29 is 4.84 Å². The zero-order chi connectivity index (χ0) is 11.7. The summed E-state index contributed by atoms with van der Waals surface area (Å²) in [6.07, 6.45) is 0.852. The van der Waals surface area contributed by atoms with Gasteiger partial charge in [0.15, 0.2) is 0 Å². The Balaban J connectivity index is 2.35. The van der Waals surface area contributed by atoms with E-state index >= 15 is 0 Å². The minimum atomic E-state index is 0.0387. The molecular weight excluding hydrogens is 222 g/mol. The molecule has 1 aliphatic heterocycles. The van der Waals surface area contributed by atoms with Gasteiger partial charge >= 0.3 is 0 Å². The minimum absolute atomic E-state index is 0.0387. The first kappa shape index (κ1) is 11.5.